The Labute approximate surface area is 181 Å². The minimum absolute atomic E-state index is 0.509. The first-order valence-corrected chi connectivity index (χ1v) is 12.4. The van der Waals surface area contributed by atoms with Gasteiger partial charge in [-0.3, -0.25) is 9.89 Å². The summed E-state index contributed by atoms with van der Waals surface area (Å²) in [5, 5.41) is 3.54. The van der Waals surface area contributed by atoms with E-state index in [-0.39, 0.29) is 0 Å². The number of benzene rings is 1. The second kappa shape index (κ2) is 11.8. The number of thioether (sulfide) groups is 1. The van der Waals surface area contributed by atoms with Crippen molar-refractivity contribution in [1.82, 2.24) is 20.0 Å². The topological polar surface area (TPSA) is 34.1 Å². The predicted molar refractivity (Wildman–Crippen MR) is 126 cm³/mol. The third-order valence-electron chi connectivity index (χ3n) is 6.13. The van der Waals surface area contributed by atoms with Crippen molar-refractivity contribution in [3.05, 3.63) is 30.3 Å². The molecule has 2 saturated heterocycles. The van der Waals surface area contributed by atoms with Gasteiger partial charge in [0.1, 0.15) is 0 Å². The van der Waals surface area contributed by atoms with Gasteiger partial charge in [0.05, 0.1) is 6.54 Å². The third-order valence-corrected chi connectivity index (χ3v) is 7.38. The number of likely N-dealkylation sites (N-methyl/N-ethyl adjacent to an activating group) is 1. The summed E-state index contributed by atoms with van der Waals surface area (Å²) in [6, 6.07) is 11.3. The predicted octanol–water partition coefficient (Wildman–Crippen LogP) is 3.09. The maximum atomic E-state index is 5.03. The number of piperazine rings is 1. The Kier molecular flexibility index (Phi) is 9.15. The summed E-state index contributed by atoms with van der Waals surface area (Å²) in [5.41, 5.74) is 0. The third kappa shape index (κ3) is 6.90. The van der Waals surface area contributed by atoms with E-state index >= 15 is 0 Å². The van der Waals surface area contributed by atoms with Crippen LogP contribution in [-0.4, -0.2) is 91.4 Å². The van der Waals surface area contributed by atoms with Gasteiger partial charge < -0.3 is 15.1 Å². The van der Waals surface area contributed by atoms with Crippen molar-refractivity contribution >= 4 is 17.7 Å². The Balaban J connectivity index is 1.47. The first-order chi connectivity index (χ1) is 14.2. The standard InChI is InChI=1S/C23H39N5S/c1-4-24-23(25-17-20(3)27-15-13-26(5-2)14-16-27)28-12-11-21(18-28)19-29-22-9-7-6-8-10-22/h6-10,20-21H,4-5,11-19H2,1-3H3,(H,24,25). The summed E-state index contributed by atoms with van der Waals surface area (Å²) in [5.74, 6) is 3.04. The Bertz CT molecular complexity index is 615. The summed E-state index contributed by atoms with van der Waals surface area (Å²) < 4.78 is 0. The van der Waals surface area contributed by atoms with Crippen molar-refractivity contribution in [2.45, 2.75) is 38.1 Å². The molecule has 2 aliphatic heterocycles. The fraction of sp³-hybridized carbons (Fsp3) is 0.696. The molecule has 2 atom stereocenters. The van der Waals surface area contributed by atoms with Gasteiger partial charge in [-0.05, 0) is 44.9 Å². The molecule has 2 aliphatic rings. The lowest BCUT2D eigenvalue weighted by atomic mass is 10.2. The van der Waals surface area contributed by atoms with E-state index in [0.717, 1.165) is 38.1 Å². The average Bonchev–Trinajstić information content (AvgIpc) is 3.24. The molecule has 0 saturated carbocycles. The van der Waals surface area contributed by atoms with E-state index in [9.17, 15) is 0 Å². The van der Waals surface area contributed by atoms with Crippen LogP contribution in [0.3, 0.4) is 0 Å². The van der Waals surface area contributed by atoms with Crippen molar-refractivity contribution in [2.24, 2.45) is 10.9 Å². The largest absolute Gasteiger partial charge is 0.357 e. The molecule has 0 radical (unpaired) electrons. The number of nitrogens with one attached hydrogen (secondary N) is 1. The number of likely N-dealkylation sites (tertiary alicyclic amines) is 1. The molecule has 2 heterocycles. The normalized spacial score (nSPS) is 22.8. The zero-order chi connectivity index (χ0) is 20.5. The number of aliphatic imine (C=N–C) groups is 1. The van der Waals surface area contributed by atoms with Gasteiger partial charge in [-0.15, -0.1) is 11.8 Å². The zero-order valence-corrected chi connectivity index (χ0v) is 19.3. The molecule has 1 aromatic rings. The fourth-order valence-corrected chi connectivity index (χ4v) is 5.22. The van der Waals surface area contributed by atoms with Crippen molar-refractivity contribution in [3.63, 3.8) is 0 Å². The molecule has 0 spiro atoms. The van der Waals surface area contributed by atoms with Gasteiger partial charge in [-0.2, -0.15) is 0 Å². The van der Waals surface area contributed by atoms with Gasteiger partial charge in [-0.25, -0.2) is 0 Å². The van der Waals surface area contributed by atoms with Crippen LogP contribution in [-0.2, 0) is 0 Å². The van der Waals surface area contributed by atoms with Gasteiger partial charge in [0.2, 0.25) is 0 Å². The molecule has 0 amide bonds. The minimum atomic E-state index is 0.509. The molecule has 2 unspecified atom stereocenters. The maximum Gasteiger partial charge on any atom is 0.193 e. The van der Waals surface area contributed by atoms with Crippen molar-refractivity contribution < 1.29 is 0 Å². The second-order valence-electron chi connectivity index (χ2n) is 8.24. The number of nitrogens with zero attached hydrogens (tertiary/aromatic N) is 4. The highest BCUT2D eigenvalue weighted by atomic mass is 32.2. The Hall–Kier alpha value is -1.24. The highest BCUT2D eigenvalue weighted by Crippen LogP contribution is 2.25. The van der Waals surface area contributed by atoms with Gasteiger partial charge in [-0.1, -0.05) is 25.1 Å². The van der Waals surface area contributed by atoms with Crippen LogP contribution in [0, 0.1) is 5.92 Å². The Morgan fingerprint density at radius 3 is 2.59 bits per heavy atom. The second-order valence-corrected chi connectivity index (χ2v) is 9.33. The number of hydrogen-bond donors (Lipinski definition) is 1. The van der Waals surface area contributed by atoms with Gasteiger partial charge in [0, 0.05) is 62.5 Å². The molecular formula is C23H39N5S. The molecule has 29 heavy (non-hydrogen) atoms. The molecule has 1 aromatic carbocycles. The molecule has 0 bridgehead atoms. The average molecular weight is 418 g/mol. The number of rotatable bonds is 8. The van der Waals surface area contributed by atoms with Crippen LogP contribution in [0.2, 0.25) is 0 Å². The van der Waals surface area contributed by atoms with E-state index in [2.05, 4.69) is 71.1 Å². The van der Waals surface area contributed by atoms with E-state index < -0.39 is 0 Å². The summed E-state index contributed by atoms with van der Waals surface area (Å²) in [6.07, 6.45) is 1.26. The first kappa shape index (κ1) is 22.4. The Morgan fingerprint density at radius 1 is 1.14 bits per heavy atom. The lowest BCUT2D eigenvalue weighted by Gasteiger charge is -2.37. The summed E-state index contributed by atoms with van der Waals surface area (Å²) in [7, 11) is 0. The van der Waals surface area contributed by atoms with Crippen LogP contribution in [0.1, 0.15) is 27.2 Å². The van der Waals surface area contributed by atoms with Crippen molar-refractivity contribution in [3.8, 4) is 0 Å². The molecule has 0 aromatic heterocycles. The van der Waals surface area contributed by atoms with Crippen molar-refractivity contribution in [2.75, 3.05) is 64.7 Å². The lowest BCUT2D eigenvalue weighted by molar-refractivity contribution is 0.109. The van der Waals surface area contributed by atoms with Crippen LogP contribution in [0.15, 0.2) is 40.2 Å². The van der Waals surface area contributed by atoms with Gasteiger partial charge in [0.15, 0.2) is 5.96 Å². The molecular weight excluding hydrogens is 378 g/mol. The van der Waals surface area contributed by atoms with Gasteiger partial charge in [0.25, 0.3) is 0 Å². The van der Waals surface area contributed by atoms with E-state index in [0.29, 0.717) is 6.04 Å². The molecule has 6 heteroatoms. The van der Waals surface area contributed by atoms with E-state index in [1.54, 1.807) is 0 Å². The summed E-state index contributed by atoms with van der Waals surface area (Å²) in [4.78, 5) is 14.0. The highest BCUT2D eigenvalue weighted by Gasteiger charge is 2.25. The maximum absolute atomic E-state index is 5.03. The van der Waals surface area contributed by atoms with Crippen LogP contribution in [0.25, 0.3) is 0 Å². The molecule has 162 valence electrons. The van der Waals surface area contributed by atoms with Crippen LogP contribution in [0.4, 0.5) is 0 Å². The minimum Gasteiger partial charge on any atom is -0.357 e. The molecule has 5 nitrogen and oxygen atoms in total. The monoisotopic (exact) mass is 417 g/mol. The van der Waals surface area contributed by atoms with Crippen molar-refractivity contribution in [1.29, 1.82) is 0 Å². The highest BCUT2D eigenvalue weighted by molar-refractivity contribution is 7.99. The lowest BCUT2D eigenvalue weighted by Crippen LogP contribution is -2.50. The van der Waals surface area contributed by atoms with E-state index in [1.165, 1.54) is 49.8 Å². The van der Waals surface area contributed by atoms with Crippen LogP contribution < -0.4 is 5.32 Å². The van der Waals surface area contributed by atoms with Crippen LogP contribution >= 0.6 is 11.8 Å². The van der Waals surface area contributed by atoms with Crippen LogP contribution in [0.5, 0.6) is 0 Å². The number of guanidine groups is 1. The number of hydrogen-bond acceptors (Lipinski definition) is 4. The van der Waals surface area contributed by atoms with E-state index in [4.69, 9.17) is 4.99 Å². The Morgan fingerprint density at radius 2 is 1.90 bits per heavy atom. The van der Waals surface area contributed by atoms with E-state index in [1.807, 2.05) is 11.8 Å². The molecule has 3 rings (SSSR count). The zero-order valence-electron chi connectivity index (χ0n) is 18.5. The first-order valence-electron chi connectivity index (χ1n) is 11.4. The smallest absolute Gasteiger partial charge is 0.193 e. The molecule has 1 N–H and O–H groups in total. The summed E-state index contributed by atoms with van der Waals surface area (Å²) in [6.45, 7) is 16.7. The summed E-state index contributed by atoms with van der Waals surface area (Å²) >= 11 is 1.99. The molecule has 2 fully saturated rings. The quantitative estimate of drug-likeness (QED) is 0.399. The van der Waals surface area contributed by atoms with Gasteiger partial charge >= 0.3 is 0 Å². The fourth-order valence-electron chi connectivity index (χ4n) is 4.17. The SMILES string of the molecule is CCNC(=NCC(C)N1CCN(CC)CC1)N1CCC(CSc2ccccc2)C1. The molecule has 0 aliphatic carbocycles.